The molecule has 2 aromatic rings. The van der Waals surface area contributed by atoms with Gasteiger partial charge < -0.3 is 5.73 Å². The van der Waals surface area contributed by atoms with Crippen molar-refractivity contribution >= 4 is 35.1 Å². The van der Waals surface area contributed by atoms with Crippen molar-refractivity contribution in [1.29, 1.82) is 0 Å². The molecule has 0 spiro atoms. The van der Waals surface area contributed by atoms with Gasteiger partial charge in [-0.1, -0.05) is 6.92 Å². The van der Waals surface area contributed by atoms with Crippen molar-refractivity contribution in [2.75, 3.05) is 13.1 Å². The van der Waals surface area contributed by atoms with Crippen LogP contribution in [0.2, 0.25) is 0 Å². The number of aromatic nitrogens is 1. The first kappa shape index (κ1) is 15.9. The van der Waals surface area contributed by atoms with Gasteiger partial charge in [-0.25, -0.2) is 4.98 Å². The molecule has 2 aromatic heterocycles. The zero-order valence-electron chi connectivity index (χ0n) is 11.5. The smallest absolute Gasteiger partial charge is 0.124 e. The molecule has 3 heterocycles. The molecule has 2 unspecified atom stereocenters. The lowest BCUT2D eigenvalue weighted by Gasteiger charge is -2.34. The van der Waals surface area contributed by atoms with Crippen LogP contribution in [-0.4, -0.2) is 29.0 Å². The van der Waals surface area contributed by atoms with E-state index in [1.165, 1.54) is 11.3 Å². The normalized spacial score (nSPS) is 23.5. The fourth-order valence-electron chi connectivity index (χ4n) is 2.52. The van der Waals surface area contributed by atoms with E-state index in [2.05, 4.69) is 34.0 Å². The summed E-state index contributed by atoms with van der Waals surface area (Å²) in [4.78, 5) is 7.22. The summed E-state index contributed by atoms with van der Waals surface area (Å²) in [5.41, 5.74) is 8.50. The van der Waals surface area contributed by atoms with Crippen LogP contribution in [0.4, 0.5) is 0 Å². The van der Waals surface area contributed by atoms with Crippen molar-refractivity contribution < 1.29 is 0 Å². The molecule has 0 aliphatic carbocycles. The Morgan fingerprint density at radius 2 is 2.30 bits per heavy atom. The maximum absolute atomic E-state index is 6.06. The van der Waals surface area contributed by atoms with Crippen LogP contribution in [0, 0.1) is 5.92 Å². The van der Waals surface area contributed by atoms with Gasteiger partial charge in [-0.2, -0.15) is 11.3 Å². The van der Waals surface area contributed by atoms with Gasteiger partial charge in [0.25, 0.3) is 0 Å². The second-order valence-corrected chi connectivity index (χ2v) is 6.96. The first-order chi connectivity index (χ1) is 9.22. The molecule has 2 atom stereocenters. The molecular weight excluding hydrogens is 310 g/mol. The molecular formula is C14H20ClN3S2. The fourth-order valence-corrected chi connectivity index (χ4v) is 4.04. The van der Waals surface area contributed by atoms with Gasteiger partial charge in [-0.05, 0) is 23.8 Å². The molecule has 0 bridgehead atoms. The molecule has 0 amide bonds. The number of nitrogens with zero attached hydrogens (tertiary/aromatic N) is 2. The van der Waals surface area contributed by atoms with E-state index in [4.69, 9.17) is 10.7 Å². The van der Waals surface area contributed by atoms with E-state index in [1.54, 1.807) is 22.7 Å². The van der Waals surface area contributed by atoms with Crippen molar-refractivity contribution in [3.63, 3.8) is 0 Å². The van der Waals surface area contributed by atoms with E-state index >= 15 is 0 Å². The first-order valence-corrected chi connectivity index (χ1v) is 8.49. The third-order valence-corrected chi connectivity index (χ3v) is 5.38. The molecule has 0 radical (unpaired) electrons. The zero-order valence-corrected chi connectivity index (χ0v) is 13.9. The van der Waals surface area contributed by atoms with Crippen molar-refractivity contribution in [1.82, 2.24) is 9.88 Å². The summed E-state index contributed by atoms with van der Waals surface area (Å²) >= 11 is 3.46. The average molecular weight is 330 g/mol. The summed E-state index contributed by atoms with van der Waals surface area (Å²) in [5.74, 6) is 0.587. The van der Waals surface area contributed by atoms with Crippen molar-refractivity contribution in [3.05, 3.63) is 27.9 Å². The van der Waals surface area contributed by atoms with Crippen LogP contribution in [0.25, 0.3) is 10.6 Å². The highest BCUT2D eigenvalue weighted by molar-refractivity contribution is 7.14. The van der Waals surface area contributed by atoms with Crippen LogP contribution in [0.1, 0.15) is 19.0 Å². The molecule has 6 heteroatoms. The van der Waals surface area contributed by atoms with Gasteiger partial charge >= 0.3 is 0 Å². The number of likely N-dealkylation sites (tertiary alicyclic amines) is 1. The molecule has 20 heavy (non-hydrogen) atoms. The van der Waals surface area contributed by atoms with Gasteiger partial charge in [0.1, 0.15) is 5.01 Å². The minimum absolute atomic E-state index is 0. The number of hydrogen-bond donors (Lipinski definition) is 1. The molecule has 3 rings (SSSR count). The monoisotopic (exact) mass is 329 g/mol. The number of thiazole rings is 1. The Balaban J connectivity index is 0.00000147. The number of halogens is 1. The topological polar surface area (TPSA) is 42.2 Å². The highest BCUT2D eigenvalue weighted by Gasteiger charge is 2.23. The lowest BCUT2D eigenvalue weighted by Crippen LogP contribution is -2.45. The molecule has 2 N–H and O–H groups in total. The summed E-state index contributed by atoms with van der Waals surface area (Å²) in [5, 5.41) is 7.58. The summed E-state index contributed by atoms with van der Waals surface area (Å²) in [6.07, 6.45) is 1.10. The van der Waals surface area contributed by atoms with Crippen LogP contribution >= 0.6 is 35.1 Å². The Labute approximate surface area is 134 Å². The van der Waals surface area contributed by atoms with E-state index in [0.717, 1.165) is 31.1 Å². The lowest BCUT2D eigenvalue weighted by molar-refractivity contribution is 0.156. The predicted molar refractivity (Wildman–Crippen MR) is 89.7 cm³/mol. The summed E-state index contributed by atoms with van der Waals surface area (Å²) < 4.78 is 0. The van der Waals surface area contributed by atoms with E-state index in [1.807, 2.05) is 0 Å². The van der Waals surface area contributed by atoms with Crippen LogP contribution in [0.5, 0.6) is 0 Å². The summed E-state index contributed by atoms with van der Waals surface area (Å²) in [6.45, 7) is 5.38. The maximum atomic E-state index is 6.06. The maximum Gasteiger partial charge on any atom is 0.124 e. The molecule has 1 fully saturated rings. The molecule has 1 aliphatic rings. The number of hydrogen-bond acceptors (Lipinski definition) is 5. The largest absolute Gasteiger partial charge is 0.327 e. The zero-order chi connectivity index (χ0) is 13.2. The minimum atomic E-state index is 0. The van der Waals surface area contributed by atoms with Gasteiger partial charge in [-0.3, -0.25) is 4.90 Å². The second-order valence-electron chi connectivity index (χ2n) is 5.32. The Morgan fingerprint density at radius 3 is 3.00 bits per heavy atom. The van der Waals surface area contributed by atoms with Gasteiger partial charge in [0.05, 0.1) is 5.69 Å². The van der Waals surface area contributed by atoms with Crippen LogP contribution in [-0.2, 0) is 6.54 Å². The predicted octanol–water partition coefficient (Wildman–Crippen LogP) is 3.46. The van der Waals surface area contributed by atoms with Crippen LogP contribution in [0.15, 0.2) is 22.2 Å². The molecule has 1 saturated heterocycles. The second kappa shape index (κ2) is 7.00. The van der Waals surface area contributed by atoms with Crippen molar-refractivity contribution in [2.45, 2.75) is 25.9 Å². The van der Waals surface area contributed by atoms with Crippen molar-refractivity contribution in [3.8, 4) is 10.6 Å². The summed E-state index contributed by atoms with van der Waals surface area (Å²) in [6, 6.07) is 2.50. The lowest BCUT2D eigenvalue weighted by atomic mass is 9.95. The fraction of sp³-hybridized carbons (Fsp3) is 0.500. The Bertz CT molecular complexity index is 526. The Hall–Kier alpha value is -0.460. The van der Waals surface area contributed by atoms with E-state index < -0.39 is 0 Å². The van der Waals surface area contributed by atoms with Gasteiger partial charge in [0.2, 0.25) is 0 Å². The SMILES string of the molecule is CC1CN(Cc2csc(-c3ccsc3)n2)CCC1N.Cl. The third kappa shape index (κ3) is 3.59. The quantitative estimate of drug-likeness (QED) is 0.937. The molecule has 0 aromatic carbocycles. The van der Waals surface area contributed by atoms with Crippen LogP contribution < -0.4 is 5.73 Å². The Kier molecular flexibility index (Phi) is 5.57. The van der Waals surface area contributed by atoms with E-state index in [9.17, 15) is 0 Å². The minimum Gasteiger partial charge on any atom is -0.327 e. The highest BCUT2D eigenvalue weighted by Crippen LogP contribution is 2.26. The number of piperidine rings is 1. The Morgan fingerprint density at radius 1 is 1.45 bits per heavy atom. The van der Waals surface area contributed by atoms with Crippen molar-refractivity contribution in [2.24, 2.45) is 11.7 Å². The molecule has 1 aliphatic heterocycles. The van der Waals surface area contributed by atoms with Crippen LogP contribution in [0.3, 0.4) is 0 Å². The first-order valence-electron chi connectivity index (χ1n) is 6.67. The standard InChI is InChI=1S/C14H19N3S2.ClH/c1-10-6-17(4-2-13(10)15)7-12-9-19-14(16-12)11-3-5-18-8-11;/h3,5,8-10,13H,2,4,6-7,15H2,1H3;1H. The van der Waals surface area contributed by atoms with E-state index in [0.29, 0.717) is 12.0 Å². The third-order valence-electron chi connectivity index (χ3n) is 3.76. The number of thiophene rings is 1. The number of rotatable bonds is 3. The molecule has 110 valence electrons. The van der Waals surface area contributed by atoms with Gasteiger partial charge in [-0.15, -0.1) is 23.7 Å². The number of nitrogens with two attached hydrogens (primary N) is 1. The highest BCUT2D eigenvalue weighted by atomic mass is 35.5. The molecule has 0 saturated carbocycles. The molecule has 3 nitrogen and oxygen atoms in total. The van der Waals surface area contributed by atoms with Gasteiger partial charge in [0, 0.05) is 42.0 Å². The summed E-state index contributed by atoms with van der Waals surface area (Å²) in [7, 11) is 0. The van der Waals surface area contributed by atoms with E-state index in [-0.39, 0.29) is 12.4 Å². The van der Waals surface area contributed by atoms with Gasteiger partial charge in [0.15, 0.2) is 0 Å². The average Bonchev–Trinajstić information content (AvgIpc) is 3.04.